The van der Waals surface area contributed by atoms with Crippen molar-refractivity contribution in [2.24, 2.45) is 0 Å². The minimum absolute atomic E-state index is 0.0347. The van der Waals surface area contributed by atoms with Crippen LogP contribution < -0.4 is 4.74 Å². The van der Waals surface area contributed by atoms with Gasteiger partial charge in [0.05, 0.1) is 18.3 Å². The predicted molar refractivity (Wildman–Crippen MR) is 67.9 cm³/mol. The molecule has 0 atom stereocenters. The van der Waals surface area contributed by atoms with E-state index in [0.717, 1.165) is 12.8 Å². The van der Waals surface area contributed by atoms with Crippen LogP contribution in [-0.4, -0.2) is 17.8 Å². The Hall–Kier alpha value is -1.53. The second kappa shape index (κ2) is 6.42. The van der Waals surface area contributed by atoms with Crippen molar-refractivity contribution in [2.45, 2.75) is 38.2 Å². The lowest BCUT2D eigenvalue weighted by molar-refractivity contribution is 0.208. The van der Waals surface area contributed by atoms with Crippen molar-refractivity contribution in [1.82, 2.24) is 0 Å². The van der Waals surface area contributed by atoms with Gasteiger partial charge >= 0.3 is 0 Å². The summed E-state index contributed by atoms with van der Waals surface area (Å²) in [7, 11) is 0. The van der Waals surface area contributed by atoms with Crippen LogP contribution in [0.25, 0.3) is 0 Å². The smallest absolute Gasteiger partial charge is 0.138 e. The summed E-state index contributed by atoms with van der Waals surface area (Å²) >= 11 is 0. The van der Waals surface area contributed by atoms with Gasteiger partial charge in [-0.3, -0.25) is 0 Å². The Morgan fingerprint density at radius 2 is 2.11 bits per heavy atom. The van der Waals surface area contributed by atoms with Gasteiger partial charge in [-0.05, 0) is 37.8 Å². The topological polar surface area (TPSA) is 29.5 Å². The fraction of sp³-hybridized carbons (Fsp3) is 0.467. The van der Waals surface area contributed by atoms with E-state index in [-0.39, 0.29) is 18.5 Å². The average Bonchev–Trinajstić information content (AvgIpc) is 2.85. The summed E-state index contributed by atoms with van der Waals surface area (Å²) in [5, 5.41) is 8.69. The lowest BCUT2D eigenvalue weighted by Gasteiger charge is -2.14. The summed E-state index contributed by atoms with van der Waals surface area (Å²) < 4.78 is 19.1. The summed E-state index contributed by atoms with van der Waals surface area (Å²) in [6, 6.07) is 4.40. The van der Waals surface area contributed by atoms with Crippen molar-refractivity contribution in [3.05, 3.63) is 29.6 Å². The Morgan fingerprint density at radius 1 is 1.33 bits per heavy atom. The van der Waals surface area contributed by atoms with Crippen LogP contribution in [0.15, 0.2) is 18.2 Å². The van der Waals surface area contributed by atoms with E-state index in [0.29, 0.717) is 17.7 Å². The first kappa shape index (κ1) is 12.9. The van der Waals surface area contributed by atoms with E-state index in [1.165, 1.54) is 25.0 Å². The number of rotatable bonds is 3. The van der Waals surface area contributed by atoms with Gasteiger partial charge in [-0.25, -0.2) is 4.39 Å². The van der Waals surface area contributed by atoms with E-state index in [1.807, 2.05) is 0 Å². The molecule has 0 aliphatic heterocycles. The third-order valence-electron chi connectivity index (χ3n) is 3.00. The molecule has 0 spiro atoms. The van der Waals surface area contributed by atoms with Gasteiger partial charge in [0.25, 0.3) is 0 Å². The zero-order valence-electron chi connectivity index (χ0n) is 10.3. The Labute approximate surface area is 107 Å². The van der Waals surface area contributed by atoms with Gasteiger partial charge in [0.2, 0.25) is 0 Å². The van der Waals surface area contributed by atoms with E-state index in [9.17, 15) is 4.39 Å². The molecular formula is C15H17FO2. The summed E-state index contributed by atoms with van der Waals surface area (Å²) in [5.41, 5.74) is 0.691. The van der Waals surface area contributed by atoms with Gasteiger partial charge in [0.15, 0.2) is 0 Å². The molecule has 1 aromatic carbocycles. The quantitative estimate of drug-likeness (QED) is 0.833. The molecule has 1 N–H and O–H groups in total. The molecular weight excluding hydrogens is 231 g/mol. The van der Waals surface area contributed by atoms with Crippen LogP contribution in [0.2, 0.25) is 0 Å². The van der Waals surface area contributed by atoms with Gasteiger partial charge in [0.1, 0.15) is 11.6 Å². The molecule has 1 aliphatic rings. The number of halogens is 1. The van der Waals surface area contributed by atoms with Crippen LogP contribution in [0.4, 0.5) is 4.39 Å². The van der Waals surface area contributed by atoms with E-state index >= 15 is 0 Å². The van der Waals surface area contributed by atoms with Gasteiger partial charge in [-0.1, -0.05) is 11.8 Å². The largest absolute Gasteiger partial charge is 0.489 e. The summed E-state index contributed by atoms with van der Waals surface area (Å²) in [4.78, 5) is 0. The number of aliphatic hydroxyl groups excluding tert-OH is 1. The van der Waals surface area contributed by atoms with Crippen LogP contribution in [0, 0.1) is 17.7 Å². The highest BCUT2D eigenvalue weighted by Crippen LogP contribution is 2.27. The van der Waals surface area contributed by atoms with Gasteiger partial charge in [-0.15, -0.1) is 0 Å². The predicted octanol–water partition coefficient (Wildman–Crippen LogP) is 2.88. The maximum absolute atomic E-state index is 13.2. The molecule has 96 valence electrons. The molecule has 2 rings (SSSR count). The van der Waals surface area contributed by atoms with Gasteiger partial charge < -0.3 is 9.84 Å². The number of benzene rings is 1. The summed E-state index contributed by atoms with van der Waals surface area (Å²) in [5.74, 6) is 5.96. The number of hydrogen-bond donors (Lipinski definition) is 1. The summed E-state index contributed by atoms with van der Waals surface area (Å²) in [6.45, 7) is 0.0347. The molecule has 0 bridgehead atoms. The number of aliphatic hydroxyl groups is 1. The zero-order chi connectivity index (χ0) is 12.8. The lowest BCUT2D eigenvalue weighted by Crippen LogP contribution is -2.11. The van der Waals surface area contributed by atoms with Gasteiger partial charge in [0, 0.05) is 12.5 Å². The fourth-order valence-corrected chi connectivity index (χ4v) is 2.10. The number of ether oxygens (including phenoxy) is 1. The van der Waals surface area contributed by atoms with E-state index in [2.05, 4.69) is 11.8 Å². The van der Waals surface area contributed by atoms with Crippen LogP contribution in [0.1, 0.15) is 37.7 Å². The molecule has 1 aliphatic carbocycles. The molecule has 3 heteroatoms. The Morgan fingerprint density at radius 3 is 2.83 bits per heavy atom. The number of hydrogen-bond acceptors (Lipinski definition) is 2. The minimum Gasteiger partial charge on any atom is -0.489 e. The first-order valence-corrected chi connectivity index (χ1v) is 6.35. The second-order valence-electron chi connectivity index (χ2n) is 4.44. The maximum atomic E-state index is 13.2. The highest BCUT2D eigenvalue weighted by Gasteiger charge is 2.17. The average molecular weight is 248 g/mol. The molecule has 1 fully saturated rings. The van der Waals surface area contributed by atoms with Crippen molar-refractivity contribution in [3.63, 3.8) is 0 Å². The first-order chi connectivity index (χ1) is 8.79. The first-order valence-electron chi connectivity index (χ1n) is 6.35. The minimum atomic E-state index is -0.310. The van der Waals surface area contributed by atoms with Crippen molar-refractivity contribution >= 4 is 0 Å². The zero-order valence-corrected chi connectivity index (χ0v) is 10.3. The second-order valence-corrected chi connectivity index (χ2v) is 4.44. The molecule has 0 radical (unpaired) electrons. The SMILES string of the molecule is OCCC#Cc1ccc(F)cc1OC1CCCC1. The normalized spacial score (nSPS) is 15.2. The van der Waals surface area contributed by atoms with Gasteiger partial charge in [-0.2, -0.15) is 0 Å². The molecule has 0 saturated heterocycles. The Balaban J connectivity index is 2.15. The lowest BCUT2D eigenvalue weighted by atomic mass is 10.2. The molecule has 0 heterocycles. The van der Waals surface area contributed by atoms with E-state index in [4.69, 9.17) is 9.84 Å². The third-order valence-corrected chi connectivity index (χ3v) is 3.00. The van der Waals surface area contributed by atoms with E-state index in [1.54, 1.807) is 6.07 Å². The van der Waals surface area contributed by atoms with Crippen molar-refractivity contribution < 1.29 is 14.2 Å². The van der Waals surface area contributed by atoms with Crippen molar-refractivity contribution in [1.29, 1.82) is 0 Å². The molecule has 1 aromatic rings. The van der Waals surface area contributed by atoms with Crippen molar-refractivity contribution in [3.8, 4) is 17.6 Å². The van der Waals surface area contributed by atoms with Crippen LogP contribution >= 0.6 is 0 Å². The molecule has 1 saturated carbocycles. The van der Waals surface area contributed by atoms with Crippen LogP contribution in [0.3, 0.4) is 0 Å². The van der Waals surface area contributed by atoms with Crippen LogP contribution in [-0.2, 0) is 0 Å². The molecule has 0 unspecified atom stereocenters. The summed E-state index contributed by atoms with van der Waals surface area (Å²) in [6.07, 6.45) is 5.00. The molecule has 2 nitrogen and oxygen atoms in total. The maximum Gasteiger partial charge on any atom is 0.138 e. The molecule has 0 aromatic heterocycles. The highest BCUT2D eigenvalue weighted by molar-refractivity contribution is 5.46. The molecule has 18 heavy (non-hydrogen) atoms. The highest BCUT2D eigenvalue weighted by atomic mass is 19.1. The Kier molecular flexibility index (Phi) is 4.60. The molecule has 0 amide bonds. The standard InChI is InChI=1S/C15H17FO2/c16-13-9-8-12(5-3-4-10-17)15(11-13)18-14-6-1-2-7-14/h8-9,11,14,17H,1-2,4,6-7,10H2. The van der Waals surface area contributed by atoms with E-state index < -0.39 is 0 Å². The third kappa shape index (κ3) is 3.48. The fourth-order valence-electron chi connectivity index (χ4n) is 2.10. The van der Waals surface area contributed by atoms with Crippen LogP contribution in [0.5, 0.6) is 5.75 Å². The van der Waals surface area contributed by atoms with Crippen molar-refractivity contribution in [2.75, 3.05) is 6.61 Å². The Bertz CT molecular complexity index is 453. The monoisotopic (exact) mass is 248 g/mol.